The minimum absolute atomic E-state index is 0.00411. The highest BCUT2D eigenvalue weighted by Crippen LogP contribution is 2.43. The maximum atomic E-state index is 12.6. The second-order valence-corrected chi connectivity index (χ2v) is 14.4. The Morgan fingerprint density at radius 2 is 1.10 bits per heavy atom. The Balaban J connectivity index is 4.32. The van der Waals surface area contributed by atoms with E-state index in [2.05, 4.69) is 86.8 Å². The number of aliphatic hydroxyl groups excluding tert-OH is 2. The van der Waals surface area contributed by atoms with Crippen LogP contribution in [-0.4, -0.2) is 66.3 Å². The van der Waals surface area contributed by atoms with Crippen molar-refractivity contribution in [3.05, 3.63) is 72.9 Å². The lowest BCUT2D eigenvalue weighted by Gasteiger charge is -2.20. The number of ether oxygens (including phenoxy) is 2. The highest BCUT2D eigenvalue weighted by Gasteiger charge is 2.26. The second kappa shape index (κ2) is 38.6. The Labute approximate surface area is 316 Å². The fourth-order valence-corrected chi connectivity index (χ4v) is 5.65. The molecule has 0 aliphatic carbocycles. The SMILES string of the molecule is CC/C=C\C/C=C\C/C=C\C/C=C\CCCOCC(COP(=O)(O)OCC(O)CO)OC(=O)CCCCCCCCC/C=C\C/C=C\CCCCC. The third-order valence-electron chi connectivity index (χ3n) is 7.88. The molecule has 52 heavy (non-hydrogen) atoms. The van der Waals surface area contributed by atoms with Gasteiger partial charge >= 0.3 is 13.8 Å². The second-order valence-electron chi connectivity index (χ2n) is 12.9. The molecule has 3 unspecified atom stereocenters. The van der Waals surface area contributed by atoms with E-state index in [9.17, 15) is 19.4 Å². The number of allylic oxidation sites excluding steroid dienone is 12. The van der Waals surface area contributed by atoms with Gasteiger partial charge in [-0.2, -0.15) is 0 Å². The number of phosphoric ester groups is 1. The summed E-state index contributed by atoms with van der Waals surface area (Å²) in [4.78, 5) is 22.5. The van der Waals surface area contributed by atoms with Gasteiger partial charge in [0.15, 0.2) is 0 Å². The maximum Gasteiger partial charge on any atom is 0.472 e. The van der Waals surface area contributed by atoms with Crippen molar-refractivity contribution in [1.29, 1.82) is 0 Å². The smallest absolute Gasteiger partial charge is 0.457 e. The Morgan fingerprint density at radius 3 is 1.65 bits per heavy atom. The molecule has 300 valence electrons. The van der Waals surface area contributed by atoms with Crippen LogP contribution in [-0.2, 0) is 27.9 Å². The van der Waals surface area contributed by atoms with Crippen molar-refractivity contribution in [2.24, 2.45) is 0 Å². The van der Waals surface area contributed by atoms with Crippen molar-refractivity contribution in [3.63, 3.8) is 0 Å². The summed E-state index contributed by atoms with van der Waals surface area (Å²) in [5.41, 5.74) is 0. The molecule has 0 heterocycles. The lowest BCUT2D eigenvalue weighted by Crippen LogP contribution is -2.29. The van der Waals surface area contributed by atoms with E-state index >= 15 is 0 Å². The van der Waals surface area contributed by atoms with Crippen molar-refractivity contribution in [1.82, 2.24) is 0 Å². The minimum Gasteiger partial charge on any atom is -0.457 e. The largest absolute Gasteiger partial charge is 0.472 e. The summed E-state index contributed by atoms with van der Waals surface area (Å²) < 4.78 is 33.2. The molecule has 0 amide bonds. The van der Waals surface area contributed by atoms with Gasteiger partial charge in [0.2, 0.25) is 0 Å². The van der Waals surface area contributed by atoms with Crippen LogP contribution in [0.15, 0.2) is 72.9 Å². The Morgan fingerprint density at radius 1 is 0.615 bits per heavy atom. The van der Waals surface area contributed by atoms with Gasteiger partial charge in [-0.25, -0.2) is 4.57 Å². The summed E-state index contributed by atoms with van der Waals surface area (Å²) in [6.07, 6.45) is 44.4. The van der Waals surface area contributed by atoms with Crippen molar-refractivity contribution < 1.29 is 43.0 Å². The minimum atomic E-state index is -4.53. The van der Waals surface area contributed by atoms with Gasteiger partial charge in [0, 0.05) is 13.0 Å². The van der Waals surface area contributed by atoms with Crippen LogP contribution in [0.1, 0.15) is 142 Å². The Hall–Kier alpha value is -2.10. The van der Waals surface area contributed by atoms with Gasteiger partial charge in [-0.1, -0.05) is 132 Å². The van der Waals surface area contributed by atoms with Gasteiger partial charge in [0.25, 0.3) is 0 Å². The zero-order valence-electron chi connectivity index (χ0n) is 32.5. The highest BCUT2D eigenvalue weighted by molar-refractivity contribution is 7.47. The number of esters is 1. The van der Waals surface area contributed by atoms with Crippen molar-refractivity contribution in [3.8, 4) is 0 Å². The van der Waals surface area contributed by atoms with Crippen LogP contribution in [0.25, 0.3) is 0 Å². The number of carbonyl (C=O) groups is 1. The molecule has 0 rings (SSSR count). The first kappa shape index (κ1) is 49.9. The fourth-order valence-electron chi connectivity index (χ4n) is 4.86. The quantitative estimate of drug-likeness (QED) is 0.0245. The van der Waals surface area contributed by atoms with Crippen LogP contribution in [0.5, 0.6) is 0 Å². The lowest BCUT2D eigenvalue weighted by atomic mass is 10.1. The first-order valence-electron chi connectivity index (χ1n) is 19.9. The van der Waals surface area contributed by atoms with Gasteiger partial charge in [0.1, 0.15) is 12.2 Å². The first-order chi connectivity index (χ1) is 25.3. The normalized spacial score (nSPS) is 14.9. The number of unbranched alkanes of at least 4 members (excludes halogenated alkanes) is 11. The molecule has 0 aliphatic rings. The molecule has 0 saturated carbocycles. The van der Waals surface area contributed by atoms with Crippen molar-refractivity contribution >= 4 is 13.8 Å². The molecule has 0 saturated heterocycles. The summed E-state index contributed by atoms with van der Waals surface area (Å²) in [7, 11) is -4.53. The molecule has 0 aliphatic heterocycles. The van der Waals surface area contributed by atoms with Crippen LogP contribution in [0, 0.1) is 0 Å². The molecule has 9 nitrogen and oxygen atoms in total. The van der Waals surface area contributed by atoms with E-state index in [1.54, 1.807) is 0 Å². The molecular weight excluding hydrogens is 679 g/mol. The van der Waals surface area contributed by atoms with E-state index in [1.165, 1.54) is 44.9 Å². The van der Waals surface area contributed by atoms with Gasteiger partial charge in [-0.05, 0) is 77.0 Å². The van der Waals surface area contributed by atoms with Crippen LogP contribution >= 0.6 is 7.82 Å². The zero-order chi connectivity index (χ0) is 38.2. The van der Waals surface area contributed by atoms with Gasteiger partial charge in [-0.15, -0.1) is 0 Å². The topological polar surface area (TPSA) is 132 Å². The van der Waals surface area contributed by atoms with E-state index < -0.39 is 45.8 Å². The molecular formula is C42H73O9P. The van der Waals surface area contributed by atoms with Crippen LogP contribution in [0.4, 0.5) is 0 Å². The number of rotatable bonds is 37. The first-order valence-corrected chi connectivity index (χ1v) is 21.4. The predicted molar refractivity (Wildman–Crippen MR) is 214 cm³/mol. The number of hydrogen-bond acceptors (Lipinski definition) is 8. The van der Waals surface area contributed by atoms with E-state index in [0.29, 0.717) is 13.0 Å². The van der Waals surface area contributed by atoms with E-state index in [-0.39, 0.29) is 13.0 Å². The summed E-state index contributed by atoms with van der Waals surface area (Å²) in [6.45, 7) is 3.19. The molecule has 0 fully saturated rings. The van der Waals surface area contributed by atoms with Gasteiger partial charge in [0.05, 0.1) is 26.4 Å². The standard InChI is InChI=1S/C42H73O9P/c1-3-5-7-9-11-13-15-17-19-20-21-22-24-26-28-30-32-34-42(45)51-41(39-50-52(46,47)49-37-40(44)36-43)38-48-35-33-31-29-27-25-23-18-16-14-12-10-8-6-4-2/h6,8,11-14,17-19,23,27,29,40-41,43-44H,3-5,7,9-10,15-16,20-22,24-26,28,30-39H2,1-2H3,(H,46,47)/b8-6-,13-11-,14-12-,19-17-,23-18-,29-27-. The predicted octanol–water partition coefficient (Wildman–Crippen LogP) is 10.6. The number of hydrogen-bond donors (Lipinski definition) is 3. The summed E-state index contributed by atoms with van der Waals surface area (Å²) in [6, 6.07) is 0. The summed E-state index contributed by atoms with van der Waals surface area (Å²) in [5.74, 6) is -0.413. The number of aliphatic hydroxyl groups is 2. The molecule has 0 spiro atoms. The molecule has 0 bridgehead atoms. The Kier molecular flexibility index (Phi) is 37.1. The molecule has 0 aromatic heterocycles. The monoisotopic (exact) mass is 752 g/mol. The van der Waals surface area contributed by atoms with E-state index in [4.69, 9.17) is 23.6 Å². The average molecular weight is 753 g/mol. The fraction of sp³-hybridized carbons (Fsp3) is 0.690. The summed E-state index contributed by atoms with van der Waals surface area (Å²) >= 11 is 0. The van der Waals surface area contributed by atoms with Crippen molar-refractivity contribution in [2.45, 2.75) is 154 Å². The third kappa shape index (κ3) is 37.7. The van der Waals surface area contributed by atoms with Crippen LogP contribution in [0.2, 0.25) is 0 Å². The average Bonchev–Trinajstić information content (AvgIpc) is 3.13. The highest BCUT2D eigenvalue weighted by atomic mass is 31.2. The molecule has 10 heteroatoms. The van der Waals surface area contributed by atoms with Crippen molar-refractivity contribution in [2.75, 3.05) is 33.0 Å². The van der Waals surface area contributed by atoms with Crippen LogP contribution in [0.3, 0.4) is 0 Å². The number of phosphoric acid groups is 1. The van der Waals surface area contributed by atoms with E-state index in [0.717, 1.165) is 70.6 Å². The molecule has 0 aromatic carbocycles. The maximum absolute atomic E-state index is 12.6. The molecule has 0 radical (unpaired) electrons. The van der Waals surface area contributed by atoms with Gasteiger partial charge < -0.3 is 24.6 Å². The third-order valence-corrected chi connectivity index (χ3v) is 8.83. The molecule has 0 aromatic rings. The van der Waals surface area contributed by atoms with Crippen LogP contribution < -0.4 is 0 Å². The van der Waals surface area contributed by atoms with E-state index in [1.807, 2.05) is 0 Å². The molecule has 3 atom stereocenters. The lowest BCUT2D eigenvalue weighted by molar-refractivity contribution is -0.154. The Bertz CT molecular complexity index is 1030. The zero-order valence-corrected chi connectivity index (χ0v) is 33.4. The molecule has 3 N–H and O–H groups in total. The number of carbonyl (C=O) groups excluding carboxylic acids is 1. The van der Waals surface area contributed by atoms with Gasteiger partial charge in [-0.3, -0.25) is 13.8 Å². The summed E-state index contributed by atoms with van der Waals surface area (Å²) in [5, 5.41) is 18.3.